The van der Waals surface area contributed by atoms with E-state index in [-0.39, 0.29) is 16.8 Å². The first-order chi connectivity index (χ1) is 9.36. The monoisotopic (exact) mass is 302 g/mol. The lowest BCUT2D eigenvalue weighted by molar-refractivity contribution is -0.385. The quantitative estimate of drug-likeness (QED) is 0.613. The van der Waals surface area contributed by atoms with Gasteiger partial charge >= 0.3 is 0 Å². The fourth-order valence-electron chi connectivity index (χ4n) is 2.02. The minimum Gasteiger partial charge on any atom is -0.313 e. The van der Waals surface area contributed by atoms with E-state index in [1.54, 1.807) is 0 Å². The lowest BCUT2D eigenvalue weighted by atomic mass is 9.95. The van der Waals surface area contributed by atoms with Crippen molar-refractivity contribution in [2.45, 2.75) is 39.7 Å². The van der Waals surface area contributed by atoms with E-state index >= 15 is 0 Å². The number of hydrogen-bond donors (Lipinski definition) is 1. The Kier molecular flexibility index (Phi) is 6.36. The van der Waals surface area contributed by atoms with Gasteiger partial charge in [-0.25, -0.2) is 4.39 Å². The van der Waals surface area contributed by atoms with Gasteiger partial charge in [0.15, 0.2) is 0 Å². The van der Waals surface area contributed by atoms with E-state index in [1.807, 2.05) is 13.8 Å². The van der Waals surface area contributed by atoms with Crippen molar-refractivity contribution >= 4 is 17.3 Å². The summed E-state index contributed by atoms with van der Waals surface area (Å²) in [7, 11) is 0. The van der Waals surface area contributed by atoms with Crippen LogP contribution in [-0.4, -0.2) is 17.5 Å². The molecule has 1 atom stereocenters. The van der Waals surface area contributed by atoms with Crippen LogP contribution in [-0.2, 0) is 6.42 Å². The SMILES string of the molecule is CCCNC(Cc1cc(F)c(Cl)cc1[N+](=O)[O-])C(C)C. The first kappa shape index (κ1) is 16.9. The Morgan fingerprint density at radius 1 is 1.45 bits per heavy atom. The molecule has 1 N–H and O–H groups in total. The van der Waals surface area contributed by atoms with E-state index in [0.29, 0.717) is 17.9 Å². The van der Waals surface area contributed by atoms with Crippen molar-refractivity contribution in [3.8, 4) is 0 Å². The standard InChI is InChI=1S/C14H20ClFN2O2/c1-4-5-17-13(9(2)3)7-10-6-12(16)11(15)8-14(10)18(19)20/h6,8-9,13,17H,4-5,7H2,1-3H3. The van der Waals surface area contributed by atoms with Gasteiger partial charge in [-0.3, -0.25) is 10.1 Å². The van der Waals surface area contributed by atoms with Crippen molar-refractivity contribution in [1.82, 2.24) is 5.32 Å². The maximum absolute atomic E-state index is 13.6. The molecule has 4 nitrogen and oxygen atoms in total. The van der Waals surface area contributed by atoms with Crippen molar-refractivity contribution in [1.29, 1.82) is 0 Å². The molecule has 1 rings (SSSR count). The Morgan fingerprint density at radius 2 is 2.10 bits per heavy atom. The molecule has 1 aromatic carbocycles. The summed E-state index contributed by atoms with van der Waals surface area (Å²) in [4.78, 5) is 10.5. The highest BCUT2D eigenvalue weighted by Gasteiger charge is 2.22. The normalized spacial score (nSPS) is 12.7. The molecule has 0 aliphatic heterocycles. The van der Waals surface area contributed by atoms with E-state index < -0.39 is 10.7 Å². The van der Waals surface area contributed by atoms with Crippen LogP contribution in [0.4, 0.5) is 10.1 Å². The summed E-state index contributed by atoms with van der Waals surface area (Å²) in [6.07, 6.45) is 1.38. The van der Waals surface area contributed by atoms with Crippen LogP contribution in [0.5, 0.6) is 0 Å². The maximum Gasteiger partial charge on any atom is 0.274 e. The second-order valence-corrected chi connectivity index (χ2v) is 5.57. The van der Waals surface area contributed by atoms with Gasteiger partial charge in [0.05, 0.1) is 9.95 Å². The van der Waals surface area contributed by atoms with Crippen LogP contribution in [0.25, 0.3) is 0 Å². The molecule has 0 spiro atoms. The molecular formula is C14H20ClFN2O2. The molecule has 0 saturated heterocycles. The molecule has 1 aromatic rings. The molecule has 0 aliphatic carbocycles. The van der Waals surface area contributed by atoms with Crippen molar-refractivity contribution in [2.24, 2.45) is 5.92 Å². The topological polar surface area (TPSA) is 55.2 Å². The molecule has 0 fully saturated rings. The molecule has 0 aliphatic rings. The van der Waals surface area contributed by atoms with Gasteiger partial charge in [0, 0.05) is 17.7 Å². The number of nitrogens with zero attached hydrogens (tertiary/aromatic N) is 1. The van der Waals surface area contributed by atoms with Gasteiger partial charge in [-0.2, -0.15) is 0 Å². The molecule has 6 heteroatoms. The molecule has 0 aromatic heterocycles. The van der Waals surface area contributed by atoms with Gasteiger partial charge < -0.3 is 5.32 Å². The third-order valence-electron chi connectivity index (χ3n) is 3.22. The number of benzene rings is 1. The van der Waals surface area contributed by atoms with Gasteiger partial charge in [0.2, 0.25) is 0 Å². The Morgan fingerprint density at radius 3 is 2.60 bits per heavy atom. The summed E-state index contributed by atoms with van der Waals surface area (Å²) < 4.78 is 13.6. The molecule has 0 heterocycles. The second-order valence-electron chi connectivity index (χ2n) is 5.16. The Labute approximate surface area is 123 Å². The largest absolute Gasteiger partial charge is 0.313 e. The number of hydrogen-bond acceptors (Lipinski definition) is 3. The van der Waals surface area contributed by atoms with Gasteiger partial charge in [-0.15, -0.1) is 0 Å². The fraction of sp³-hybridized carbons (Fsp3) is 0.571. The van der Waals surface area contributed by atoms with E-state index in [0.717, 1.165) is 19.0 Å². The molecule has 112 valence electrons. The second kappa shape index (κ2) is 7.55. The maximum atomic E-state index is 13.6. The third-order valence-corrected chi connectivity index (χ3v) is 3.51. The van der Waals surface area contributed by atoms with E-state index in [1.165, 1.54) is 6.07 Å². The first-order valence-electron chi connectivity index (χ1n) is 6.72. The summed E-state index contributed by atoms with van der Waals surface area (Å²) in [5, 5.41) is 14.2. The summed E-state index contributed by atoms with van der Waals surface area (Å²) in [6.45, 7) is 6.94. The van der Waals surface area contributed by atoms with Gasteiger partial charge in [-0.1, -0.05) is 32.4 Å². The van der Waals surface area contributed by atoms with Gasteiger partial charge in [0.1, 0.15) is 5.82 Å². The Bertz CT molecular complexity index is 480. The lowest BCUT2D eigenvalue weighted by Gasteiger charge is -2.22. The number of nitrogens with one attached hydrogen (secondary N) is 1. The van der Waals surface area contributed by atoms with Crippen LogP contribution in [0.1, 0.15) is 32.8 Å². The number of halogens is 2. The van der Waals surface area contributed by atoms with Gasteiger partial charge in [0.25, 0.3) is 5.69 Å². The van der Waals surface area contributed by atoms with Crippen molar-refractivity contribution in [3.63, 3.8) is 0 Å². The van der Waals surface area contributed by atoms with Crippen LogP contribution in [0.2, 0.25) is 5.02 Å². The van der Waals surface area contributed by atoms with Crippen LogP contribution >= 0.6 is 11.6 Å². The summed E-state index contributed by atoms with van der Waals surface area (Å²) in [5.41, 5.74) is 0.250. The highest BCUT2D eigenvalue weighted by atomic mass is 35.5. The Balaban J connectivity index is 3.04. The predicted octanol–water partition coefficient (Wildman–Crippen LogP) is 3.95. The smallest absolute Gasteiger partial charge is 0.274 e. The van der Waals surface area contributed by atoms with Crippen LogP contribution in [0, 0.1) is 21.8 Å². The minimum atomic E-state index is -0.620. The average Bonchev–Trinajstić information content (AvgIpc) is 2.37. The molecule has 0 amide bonds. The summed E-state index contributed by atoms with van der Waals surface area (Å²) in [5.74, 6) is -0.329. The van der Waals surface area contributed by atoms with E-state index in [4.69, 9.17) is 11.6 Å². The van der Waals surface area contributed by atoms with E-state index in [2.05, 4.69) is 12.2 Å². The highest BCUT2D eigenvalue weighted by Crippen LogP contribution is 2.28. The molecule has 0 saturated carbocycles. The highest BCUT2D eigenvalue weighted by molar-refractivity contribution is 6.31. The molecule has 0 radical (unpaired) electrons. The van der Waals surface area contributed by atoms with Crippen molar-refractivity contribution in [3.05, 3.63) is 38.7 Å². The predicted molar refractivity (Wildman–Crippen MR) is 78.7 cm³/mol. The van der Waals surface area contributed by atoms with Crippen LogP contribution in [0.3, 0.4) is 0 Å². The van der Waals surface area contributed by atoms with Crippen LogP contribution in [0.15, 0.2) is 12.1 Å². The average molecular weight is 303 g/mol. The number of nitro benzene ring substituents is 1. The fourth-order valence-corrected chi connectivity index (χ4v) is 2.18. The molecular weight excluding hydrogens is 283 g/mol. The zero-order valence-corrected chi connectivity index (χ0v) is 12.7. The molecule has 20 heavy (non-hydrogen) atoms. The third kappa shape index (κ3) is 4.42. The number of rotatable bonds is 7. The summed E-state index contributed by atoms with van der Waals surface area (Å²) in [6, 6.07) is 2.32. The van der Waals surface area contributed by atoms with Crippen LogP contribution < -0.4 is 5.32 Å². The molecule has 1 unspecified atom stereocenters. The lowest BCUT2D eigenvalue weighted by Crippen LogP contribution is -2.36. The molecule has 0 bridgehead atoms. The first-order valence-corrected chi connectivity index (χ1v) is 7.10. The number of nitro groups is 1. The minimum absolute atomic E-state index is 0.0641. The van der Waals surface area contributed by atoms with Crippen molar-refractivity contribution in [2.75, 3.05) is 6.54 Å². The zero-order chi connectivity index (χ0) is 15.3. The summed E-state index contributed by atoms with van der Waals surface area (Å²) >= 11 is 5.62. The zero-order valence-electron chi connectivity index (χ0n) is 12.0. The van der Waals surface area contributed by atoms with Gasteiger partial charge in [-0.05, 0) is 31.4 Å². The van der Waals surface area contributed by atoms with Crippen molar-refractivity contribution < 1.29 is 9.31 Å². The Hall–Kier alpha value is -1.20. The van der Waals surface area contributed by atoms with E-state index in [9.17, 15) is 14.5 Å².